The molecule has 0 saturated heterocycles. The topological polar surface area (TPSA) is 67.0 Å². The van der Waals surface area contributed by atoms with Crippen molar-refractivity contribution < 1.29 is 9.53 Å². The minimum Gasteiger partial charge on any atom is -0.497 e. The van der Waals surface area contributed by atoms with Gasteiger partial charge in [0.15, 0.2) is 5.16 Å². The summed E-state index contributed by atoms with van der Waals surface area (Å²) in [6, 6.07) is 9.63. The number of carbonyl (C=O) groups is 1. The zero-order valence-corrected chi connectivity index (χ0v) is 13.6. The molecule has 7 heteroatoms. The normalized spacial score (nSPS) is 10.8. The third kappa shape index (κ3) is 3.61. The van der Waals surface area contributed by atoms with Crippen molar-refractivity contribution in [3.8, 4) is 5.75 Å². The zero-order valence-electron chi connectivity index (χ0n) is 12.0. The summed E-state index contributed by atoms with van der Waals surface area (Å²) in [5.74, 6) is 1.11. The average molecular weight is 333 g/mol. The summed E-state index contributed by atoms with van der Waals surface area (Å²) in [5, 5.41) is 5.63. The van der Waals surface area contributed by atoms with Gasteiger partial charge in [0.25, 0.3) is 0 Å². The molecule has 2 heterocycles. The number of aromatic amines is 1. The molecule has 3 rings (SSSR count). The lowest BCUT2D eigenvalue weighted by Gasteiger charge is -2.01. The molecule has 1 aromatic carbocycles. The number of ether oxygens (including phenoxy) is 1. The smallest absolute Gasteiger partial charge is 0.230 e. The van der Waals surface area contributed by atoms with Crippen LogP contribution in [0.25, 0.3) is 11.0 Å². The Kier molecular flexibility index (Phi) is 4.65. The van der Waals surface area contributed by atoms with Gasteiger partial charge in [-0.1, -0.05) is 17.8 Å². The van der Waals surface area contributed by atoms with Crippen LogP contribution in [0.5, 0.6) is 5.75 Å². The van der Waals surface area contributed by atoms with Crippen LogP contribution >= 0.6 is 23.1 Å². The third-order valence-corrected chi connectivity index (χ3v) is 4.80. The van der Waals surface area contributed by atoms with E-state index < -0.39 is 0 Å². The van der Waals surface area contributed by atoms with Gasteiger partial charge in [0, 0.05) is 10.9 Å². The Labute approximate surface area is 136 Å². The van der Waals surface area contributed by atoms with Crippen LogP contribution in [0.2, 0.25) is 0 Å². The lowest BCUT2D eigenvalue weighted by Crippen LogP contribution is -2.24. The predicted octanol–water partition coefficient (Wildman–Crippen LogP) is 3.04. The monoisotopic (exact) mass is 333 g/mol. The number of H-pyrrole nitrogens is 1. The van der Waals surface area contributed by atoms with Gasteiger partial charge in [0.2, 0.25) is 5.91 Å². The van der Waals surface area contributed by atoms with E-state index in [9.17, 15) is 4.79 Å². The van der Waals surface area contributed by atoms with Gasteiger partial charge in [-0.25, -0.2) is 4.98 Å². The SMILES string of the molecule is COc1ccc2nc(SCC(=O)NCc3cccs3)[nH]c2c1. The maximum atomic E-state index is 11.8. The van der Waals surface area contributed by atoms with Crippen LogP contribution in [0.3, 0.4) is 0 Å². The van der Waals surface area contributed by atoms with E-state index in [1.165, 1.54) is 11.8 Å². The molecule has 0 aliphatic carbocycles. The van der Waals surface area contributed by atoms with Crippen LogP contribution in [0, 0.1) is 0 Å². The Hall–Kier alpha value is -1.99. The first kappa shape index (κ1) is 14.9. The van der Waals surface area contributed by atoms with Crippen molar-refractivity contribution >= 4 is 40.0 Å². The summed E-state index contributed by atoms with van der Waals surface area (Å²) in [5.41, 5.74) is 1.77. The lowest BCUT2D eigenvalue weighted by molar-refractivity contribution is -0.118. The number of nitrogens with one attached hydrogen (secondary N) is 2. The molecule has 0 saturated carbocycles. The first-order valence-corrected chi connectivity index (χ1v) is 8.57. The number of thiophene rings is 1. The molecule has 0 aliphatic heterocycles. The number of hydrogen-bond donors (Lipinski definition) is 2. The largest absolute Gasteiger partial charge is 0.497 e. The van der Waals surface area contributed by atoms with Gasteiger partial charge in [0.05, 0.1) is 30.4 Å². The summed E-state index contributed by atoms with van der Waals surface area (Å²) in [6.07, 6.45) is 0. The molecule has 0 bridgehead atoms. The molecule has 0 radical (unpaired) electrons. The van der Waals surface area contributed by atoms with Crippen molar-refractivity contribution in [2.45, 2.75) is 11.7 Å². The van der Waals surface area contributed by atoms with Crippen molar-refractivity contribution in [3.63, 3.8) is 0 Å². The Morgan fingerprint density at radius 3 is 3.14 bits per heavy atom. The van der Waals surface area contributed by atoms with Gasteiger partial charge in [-0.2, -0.15) is 0 Å². The zero-order chi connectivity index (χ0) is 15.4. The lowest BCUT2D eigenvalue weighted by atomic mass is 10.3. The molecule has 0 unspecified atom stereocenters. The first-order valence-electron chi connectivity index (χ1n) is 6.70. The third-order valence-electron chi connectivity index (χ3n) is 3.05. The fourth-order valence-corrected chi connectivity index (χ4v) is 3.30. The second-order valence-electron chi connectivity index (χ2n) is 4.57. The molecule has 0 fully saturated rings. The highest BCUT2D eigenvalue weighted by Gasteiger charge is 2.08. The molecular formula is C15H15N3O2S2. The minimum absolute atomic E-state index is 0.00330. The quantitative estimate of drug-likeness (QED) is 0.681. The number of fused-ring (bicyclic) bond motifs is 1. The summed E-state index contributed by atoms with van der Waals surface area (Å²) in [4.78, 5) is 20.6. The summed E-state index contributed by atoms with van der Waals surface area (Å²) >= 11 is 3.02. The fourth-order valence-electron chi connectivity index (χ4n) is 1.94. The molecule has 0 spiro atoms. The van der Waals surface area contributed by atoms with Crippen molar-refractivity contribution in [2.75, 3.05) is 12.9 Å². The van der Waals surface area contributed by atoms with Crippen LogP contribution in [0.1, 0.15) is 4.88 Å². The van der Waals surface area contributed by atoms with Crippen molar-refractivity contribution in [2.24, 2.45) is 0 Å². The van der Waals surface area contributed by atoms with E-state index in [0.29, 0.717) is 12.3 Å². The van der Waals surface area contributed by atoms with Crippen LogP contribution < -0.4 is 10.1 Å². The fraction of sp³-hybridized carbons (Fsp3) is 0.200. The Morgan fingerprint density at radius 2 is 2.36 bits per heavy atom. The van der Waals surface area contributed by atoms with E-state index >= 15 is 0 Å². The summed E-state index contributed by atoms with van der Waals surface area (Å²) in [7, 11) is 1.63. The maximum absolute atomic E-state index is 11.8. The Balaban J connectivity index is 1.55. The highest BCUT2D eigenvalue weighted by Crippen LogP contribution is 2.23. The standard InChI is InChI=1S/C15H15N3O2S2/c1-20-10-4-5-12-13(7-10)18-15(17-12)22-9-14(19)16-8-11-3-2-6-21-11/h2-7H,8-9H2,1H3,(H,16,19)(H,17,18). The van der Waals surface area contributed by atoms with E-state index in [-0.39, 0.29) is 5.91 Å². The van der Waals surface area contributed by atoms with E-state index in [4.69, 9.17) is 4.74 Å². The number of rotatable bonds is 6. The molecule has 0 atom stereocenters. The molecule has 114 valence electrons. The van der Waals surface area contributed by atoms with Gasteiger partial charge >= 0.3 is 0 Å². The van der Waals surface area contributed by atoms with Crippen LogP contribution in [-0.4, -0.2) is 28.7 Å². The van der Waals surface area contributed by atoms with E-state index in [1.54, 1.807) is 18.4 Å². The summed E-state index contributed by atoms with van der Waals surface area (Å²) < 4.78 is 5.18. The molecule has 0 aliphatic rings. The van der Waals surface area contributed by atoms with Gasteiger partial charge in [-0.15, -0.1) is 11.3 Å². The highest BCUT2D eigenvalue weighted by molar-refractivity contribution is 7.99. The second kappa shape index (κ2) is 6.85. The van der Waals surface area contributed by atoms with Gasteiger partial charge in [-0.3, -0.25) is 4.79 Å². The van der Waals surface area contributed by atoms with Crippen molar-refractivity contribution in [3.05, 3.63) is 40.6 Å². The molecule has 1 amide bonds. The number of thioether (sulfide) groups is 1. The summed E-state index contributed by atoms with van der Waals surface area (Å²) in [6.45, 7) is 0.578. The van der Waals surface area contributed by atoms with Gasteiger partial charge in [0.1, 0.15) is 5.75 Å². The van der Waals surface area contributed by atoms with Gasteiger partial charge in [-0.05, 0) is 23.6 Å². The highest BCUT2D eigenvalue weighted by atomic mass is 32.2. The number of benzene rings is 1. The molecular weight excluding hydrogens is 318 g/mol. The first-order chi connectivity index (χ1) is 10.7. The number of nitrogens with zero attached hydrogens (tertiary/aromatic N) is 1. The molecule has 2 N–H and O–H groups in total. The number of amides is 1. The van der Waals surface area contributed by atoms with E-state index in [0.717, 1.165) is 26.8 Å². The van der Waals surface area contributed by atoms with Crippen molar-refractivity contribution in [1.82, 2.24) is 15.3 Å². The number of aromatic nitrogens is 2. The molecule has 2 aromatic heterocycles. The average Bonchev–Trinajstić information content (AvgIpc) is 3.18. The Bertz CT molecular complexity index is 768. The van der Waals surface area contributed by atoms with Crippen LogP contribution in [0.4, 0.5) is 0 Å². The minimum atomic E-state index is -0.00330. The van der Waals surface area contributed by atoms with E-state index in [1.807, 2.05) is 35.7 Å². The van der Waals surface area contributed by atoms with Gasteiger partial charge < -0.3 is 15.0 Å². The van der Waals surface area contributed by atoms with Crippen LogP contribution in [-0.2, 0) is 11.3 Å². The number of imidazole rings is 1. The molecule has 3 aromatic rings. The van der Waals surface area contributed by atoms with E-state index in [2.05, 4.69) is 15.3 Å². The van der Waals surface area contributed by atoms with Crippen molar-refractivity contribution in [1.29, 1.82) is 0 Å². The maximum Gasteiger partial charge on any atom is 0.230 e. The number of methoxy groups -OCH3 is 1. The molecule has 5 nitrogen and oxygen atoms in total. The second-order valence-corrected chi connectivity index (χ2v) is 6.57. The van der Waals surface area contributed by atoms with Crippen LogP contribution in [0.15, 0.2) is 40.9 Å². The predicted molar refractivity (Wildman–Crippen MR) is 89.5 cm³/mol. The number of hydrogen-bond acceptors (Lipinski definition) is 5. The number of carbonyl (C=O) groups excluding carboxylic acids is 1. The Morgan fingerprint density at radius 1 is 1.45 bits per heavy atom. The molecule has 22 heavy (non-hydrogen) atoms.